The van der Waals surface area contributed by atoms with Crippen molar-refractivity contribution in [1.82, 2.24) is 0 Å². The Hall–Kier alpha value is -3.62. The highest BCUT2D eigenvalue weighted by molar-refractivity contribution is 7.87. The molecule has 0 N–H and O–H groups in total. The maximum Gasteiger partial charge on any atom is 0.339 e. The third-order valence-electron chi connectivity index (χ3n) is 5.21. The highest BCUT2D eigenvalue weighted by Crippen LogP contribution is 2.39. The van der Waals surface area contributed by atoms with Crippen molar-refractivity contribution >= 4 is 45.1 Å². The average Bonchev–Trinajstić information content (AvgIpc) is 3.10. The molecule has 1 amide bonds. The van der Waals surface area contributed by atoms with E-state index in [4.69, 9.17) is 20.5 Å². The molecule has 0 bridgehead atoms. The van der Waals surface area contributed by atoms with Crippen LogP contribution in [0.5, 0.6) is 11.5 Å². The van der Waals surface area contributed by atoms with Crippen LogP contribution < -0.4 is 13.9 Å². The predicted molar refractivity (Wildman–Crippen MR) is 137 cm³/mol. The van der Waals surface area contributed by atoms with Crippen LogP contribution in [0.25, 0.3) is 6.08 Å². The van der Waals surface area contributed by atoms with E-state index in [1.807, 2.05) is 25.1 Å². The molecular weight excluding hydrogens is 488 g/mol. The lowest BCUT2D eigenvalue weighted by molar-refractivity contribution is -0.114. The average molecular weight is 511 g/mol. The van der Waals surface area contributed by atoms with Gasteiger partial charge in [0.1, 0.15) is 4.90 Å². The molecule has 0 saturated heterocycles. The summed E-state index contributed by atoms with van der Waals surface area (Å²) in [4.78, 5) is 13.0. The number of anilines is 1. The van der Waals surface area contributed by atoms with Crippen LogP contribution in [0, 0.1) is 6.92 Å². The number of para-hydroxylation sites is 1. The monoisotopic (exact) mass is 510 g/mol. The molecule has 4 rings (SSSR count). The van der Waals surface area contributed by atoms with Gasteiger partial charge in [0.15, 0.2) is 5.75 Å². The van der Waals surface area contributed by atoms with Gasteiger partial charge in [0.05, 0.1) is 28.6 Å². The summed E-state index contributed by atoms with van der Waals surface area (Å²) >= 11 is 6.45. The van der Waals surface area contributed by atoms with Crippen molar-refractivity contribution in [2.45, 2.75) is 25.7 Å². The minimum absolute atomic E-state index is 0.00259. The first kappa shape index (κ1) is 24.5. The van der Waals surface area contributed by atoms with E-state index in [1.54, 1.807) is 50.3 Å². The van der Waals surface area contributed by atoms with E-state index < -0.39 is 10.1 Å². The fourth-order valence-electron chi connectivity index (χ4n) is 3.47. The molecule has 35 heavy (non-hydrogen) atoms. The normalized spacial score (nSPS) is 14.9. The van der Waals surface area contributed by atoms with Crippen LogP contribution in [0.2, 0.25) is 5.02 Å². The molecule has 0 spiro atoms. The summed E-state index contributed by atoms with van der Waals surface area (Å²) in [7, 11) is -4.14. The standard InChI is InChI=1S/C26H23ClN2O5S/c1-4-33-24-16-19(14-22-18(3)28-29(26(22)30)20-8-6-5-7-9-20)15-23(27)25(24)34-35(31,32)21-12-10-17(2)11-13-21/h5-16H,4H2,1-3H3/b22-14+. The zero-order valence-corrected chi connectivity index (χ0v) is 20.9. The first-order valence-corrected chi connectivity index (χ1v) is 12.6. The lowest BCUT2D eigenvalue weighted by atomic mass is 10.1. The summed E-state index contributed by atoms with van der Waals surface area (Å²) < 4.78 is 36.7. The second-order valence-electron chi connectivity index (χ2n) is 7.81. The summed E-state index contributed by atoms with van der Waals surface area (Å²) in [6, 6.07) is 18.5. The van der Waals surface area contributed by atoms with Gasteiger partial charge in [-0.3, -0.25) is 4.79 Å². The molecule has 9 heteroatoms. The Kier molecular flexibility index (Phi) is 6.95. The number of halogens is 1. The number of carbonyl (C=O) groups is 1. The molecule has 0 aromatic heterocycles. The number of hydrogen-bond donors (Lipinski definition) is 0. The molecule has 3 aromatic rings. The Morgan fingerprint density at radius 1 is 1.03 bits per heavy atom. The van der Waals surface area contributed by atoms with Crippen molar-refractivity contribution in [3.05, 3.63) is 88.5 Å². The van der Waals surface area contributed by atoms with Crippen molar-refractivity contribution in [2.75, 3.05) is 11.6 Å². The van der Waals surface area contributed by atoms with Gasteiger partial charge in [0, 0.05) is 0 Å². The van der Waals surface area contributed by atoms with Crippen molar-refractivity contribution in [1.29, 1.82) is 0 Å². The summed E-state index contributed by atoms with van der Waals surface area (Å²) in [5, 5.41) is 5.73. The quantitative estimate of drug-likeness (QED) is 0.304. The number of carbonyl (C=O) groups excluding carboxylic acids is 1. The number of benzene rings is 3. The van der Waals surface area contributed by atoms with Crippen LogP contribution in [0.4, 0.5) is 5.69 Å². The Morgan fingerprint density at radius 3 is 2.37 bits per heavy atom. The number of hydrazone groups is 1. The number of nitrogens with zero attached hydrogens (tertiary/aromatic N) is 2. The maximum atomic E-state index is 13.0. The smallest absolute Gasteiger partial charge is 0.339 e. The van der Waals surface area contributed by atoms with E-state index in [-0.39, 0.29) is 33.9 Å². The van der Waals surface area contributed by atoms with Gasteiger partial charge >= 0.3 is 10.1 Å². The molecule has 0 unspecified atom stereocenters. The number of hydrogen-bond acceptors (Lipinski definition) is 6. The van der Waals surface area contributed by atoms with Crippen molar-refractivity contribution in [3.8, 4) is 11.5 Å². The lowest BCUT2D eigenvalue weighted by Crippen LogP contribution is -2.21. The Morgan fingerprint density at radius 2 is 1.71 bits per heavy atom. The number of ether oxygens (including phenoxy) is 1. The van der Waals surface area contributed by atoms with E-state index in [0.29, 0.717) is 22.5 Å². The van der Waals surface area contributed by atoms with Gasteiger partial charge in [-0.2, -0.15) is 18.5 Å². The number of amides is 1. The Labute approximate surface area is 209 Å². The van der Waals surface area contributed by atoms with Gasteiger partial charge < -0.3 is 8.92 Å². The molecule has 1 aliphatic rings. The minimum atomic E-state index is -4.14. The Bertz CT molecular complexity index is 1430. The van der Waals surface area contributed by atoms with Gasteiger partial charge in [0.25, 0.3) is 5.91 Å². The molecule has 0 aliphatic carbocycles. The summed E-state index contributed by atoms with van der Waals surface area (Å²) in [6.45, 7) is 5.60. The van der Waals surface area contributed by atoms with Crippen LogP contribution in [-0.4, -0.2) is 26.6 Å². The molecule has 3 aromatic carbocycles. The van der Waals surface area contributed by atoms with Crippen molar-refractivity contribution < 1.29 is 22.1 Å². The van der Waals surface area contributed by atoms with Gasteiger partial charge in [-0.25, -0.2) is 0 Å². The second kappa shape index (κ2) is 9.93. The first-order chi connectivity index (χ1) is 16.7. The highest BCUT2D eigenvalue weighted by Gasteiger charge is 2.29. The molecule has 0 fully saturated rings. The van der Waals surface area contributed by atoms with Crippen LogP contribution >= 0.6 is 11.6 Å². The molecule has 0 saturated carbocycles. The molecule has 180 valence electrons. The van der Waals surface area contributed by atoms with Gasteiger partial charge in [-0.05, 0) is 68.8 Å². The third-order valence-corrected chi connectivity index (χ3v) is 6.73. The van der Waals surface area contributed by atoms with Crippen LogP contribution in [0.1, 0.15) is 25.0 Å². The zero-order valence-electron chi connectivity index (χ0n) is 19.4. The van der Waals surface area contributed by atoms with Crippen LogP contribution in [-0.2, 0) is 14.9 Å². The third kappa shape index (κ3) is 5.23. The topological polar surface area (TPSA) is 85.3 Å². The van der Waals surface area contributed by atoms with E-state index in [2.05, 4.69) is 5.10 Å². The fraction of sp³-hybridized carbons (Fsp3) is 0.154. The van der Waals surface area contributed by atoms with E-state index in [0.717, 1.165) is 5.56 Å². The van der Waals surface area contributed by atoms with Crippen LogP contribution in [0.3, 0.4) is 0 Å². The minimum Gasteiger partial charge on any atom is -0.490 e. The van der Waals surface area contributed by atoms with E-state index >= 15 is 0 Å². The fourth-order valence-corrected chi connectivity index (χ4v) is 4.73. The lowest BCUT2D eigenvalue weighted by Gasteiger charge is -2.15. The number of rotatable bonds is 7. The summed E-state index contributed by atoms with van der Waals surface area (Å²) in [5.74, 6) is -0.266. The summed E-state index contributed by atoms with van der Waals surface area (Å²) in [6.07, 6.45) is 1.64. The molecule has 0 atom stereocenters. The molecule has 1 heterocycles. The summed E-state index contributed by atoms with van der Waals surface area (Å²) in [5.41, 5.74) is 3.02. The van der Waals surface area contributed by atoms with Crippen LogP contribution in [0.15, 0.2) is 82.3 Å². The highest BCUT2D eigenvalue weighted by atomic mass is 35.5. The molecule has 1 aliphatic heterocycles. The molecule has 0 radical (unpaired) electrons. The largest absolute Gasteiger partial charge is 0.490 e. The Balaban J connectivity index is 1.68. The predicted octanol–water partition coefficient (Wildman–Crippen LogP) is 5.62. The van der Waals surface area contributed by atoms with Gasteiger partial charge in [0.2, 0.25) is 5.75 Å². The van der Waals surface area contributed by atoms with Gasteiger partial charge in [-0.1, -0.05) is 47.5 Å². The first-order valence-electron chi connectivity index (χ1n) is 10.8. The molecular formula is C26H23ClN2O5S. The van der Waals surface area contributed by atoms with Crippen molar-refractivity contribution in [3.63, 3.8) is 0 Å². The zero-order chi connectivity index (χ0) is 25.2. The molecule has 7 nitrogen and oxygen atoms in total. The van der Waals surface area contributed by atoms with E-state index in [9.17, 15) is 13.2 Å². The maximum absolute atomic E-state index is 13.0. The number of aryl methyl sites for hydroxylation is 1. The van der Waals surface area contributed by atoms with E-state index in [1.165, 1.54) is 23.2 Å². The van der Waals surface area contributed by atoms with Gasteiger partial charge in [-0.15, -0.1) is 0 Å². The second-order valence-corrected chi connectivity index (χ2v) is 9.76. The van der Waals surface area contributed by atoms with Crippen molar-refractivity contribution in [2.24, 2.45) is 5.10 Å². The SMILES string of the molecule is CCOc1cc(/C=C2/C(=O)N(c3ccccc3)N=C2C)cc(Cl)c1OS(=O)(=O)c1ccc(C)cc1.